The number of hydrogen-bond acceptors (Lipinski definition) is 3. The Morgan fingerprint density at radius 1 is 1.30 bits per heavy atom. The van der Waals surface area contributed by atoms with E-state index in [0.717, 1.165) is 18.6 Å². The van der Waals surface area contributed by atoms with E-state index in [-0.39, 0.29) is 18.4 Å². The van der Waals surface area contributed by atoms with E-state index in [1.807, 2.05) is 30.3 Å². The van der Waals surface area contributed by atoms with E-state index < -0.39 is 5.97 Å². The maximum atomic E-state index is 11.8. The standard InChI is InChI=1S/C15H19NO3S/c17-14(10-20-9-11-4-2-1-3-5-11)16-13(8-15(18)19)12-6-7-12/h1-5,12-13H,6-10H2,(H,16,17)(H,18,19). The maximum Gasteiger partial charge on any atom is 0.305 e. The molecule has 0 spiro atoms. The van der Waals surface area contributed by atoms with E-state index in [0.29, 0.717) is 11.7 Å². The minimum atomic E-state index is -0.848. The molecule has 1 aromatic carbocycles. The van der Waals surface area contributed by atoms with Crippen LogP contribution in [0.1, 0.15) is 24.8 Å². The fraction of sp³-hybridized carbons (Fsp3) is 0.467. The van der Waals surface area contributed by atoms with Gasteiger partial charge in [-0.05, 0) is 24.3 Å². The minimum Gasteiger partial charge on any atom is -0.481 e. The lowest BCUT2D eigenvalue weighted by Crippen LogP contribution is -2.39. The second-order valence-corrected chi connectivity index (χ2v) is 6.07. The Kier molecular flexibility index (Phi) is 5.47. The van der Waals surface area contributed by atoms with Gasteiger partial charge in [-0.3, -0.25) is 9.59 Å². The number of carbonyl (C=O) groups is 2. The zero-order chi connectivity index (χ0) is 14.4. The van der Waals surface area contributed by atoms with Gasteiger partial charge in [0.05, 0.1) is 12.2 Å². The average Bonchev–Trinajstić information content (AvgIpc) is 3.23. The number of hydrogen-bond donors (Lipinski definition) is 2. The highest BCUT2D eigenvalue weighted by Crippen LogP contribution is 2.34. The molecule has 0 radical (unpaired) electrons. The lowest BCUT2D eigenvalue weighted by Gasteiger charge is -2.16. The molecule has 0 heterocycles. The summed E-state index contributed by atoms with van der Waals surface area (Å²) >= 11 is 1.55. The molecule has 1 saturated carbocycles. The van der Waals surface area contributed by atoms with E-state index >= 15 is 0 Å². The van der Waals surface area contributed by atoms with Gasteiger partial charge in [-0.1, -0.05) is 30.3 Å². The first-order valence-electron chi connectivity index (χ1n) is 6.78. The molecule has 2 N–H and O–H groups in total. The molecule has 20 heavy (non-hydrogen) atoms. The topological polar surface area (TPSA) is 66.4 Å². The Hall–Kier alpha value is -1.49. The number of thioether (sulfide) groups is 1. The van der Waals surface area contributed by atoms with Crippen molar-refractivity contribution in [3.05, 3.63) is 35.9 Å². The van der Waals surface area contributed by atoms with Gasteiger partial charge in [0, 0.05) is 11.8 Å². The molecule has 5 heteroatoms. The smallest absolute Gasteiger partial charge is 0.305 e. The average molecular weight is 293 g/mol. The van der Waals surface area contributed by atoms with E-state index in [2.05, 4.69) is 5.32 Å². The zero-order valence-corrected chi connectivity index (χ0v) is 12.1. The molecule has 2 rings (SSSR count). The van der Waals surface area contributed by atoms with Crippen LogP contribution in [0.2, 0.25) is 0 Å². The number of carboxylic acid groups (broad SMARTS) is 1. The number of rotatable bonds is 8. The number of nitrogens with one attached hydrogen (secondary N) is 1. The molecule has 108 valence electrons. The van der Waals surface area contributed by atoms with Crippen LogP contribution in [0.5, 0.6) is 0 Å². The third-order valence-electron chi connectivity index (χ3n) is 3.28. The van der Waals surface area contributed by atoms with Crippen LogP contribution in [0.25, 0.3) is 0 Å². The third-order valence-corrected chi connectivity index (χ3v) is 4.28. The van der Waals surface area contributed by atoms with Crippen LogP contribution in [0.4, 0.5) is 0 Å². The van der Waals surface area contributed by atoms with Gasteiger partial charge in [0.2, 0.25) is 5.91 Å². The lowest BCUT2D eigenvalue weighted by atomic mass is 10.1. The van der Waals surface area contributed by atoms with E-state index in [1.54, 1.807) is 11.8 Å². The molecule has 0 saturated heterocycles. The summed E-state index contributed by atoms with van der Waals surface area (Å²) < 4.78 is 0. The summed E-state index contributed by atoms with van der Waals surface area (Å²) in [5.74, 6) is 0.608. The molecule has 0 aliphatic heterocycles. The molecule has 1 amide bonds. The van der Waals surface area contributed by atoms with Crippen molar-refractivity contribution in [2.45, 2.75) is 31.1 Å². The predicted molar refractivity (Wildman–Crippen MR) is 79.5 cm³/mol. The van der Waals surface area contributed by atoms with Crippen LogP contribution in [0, 0.1) is 5.92 Å². The van der Waals surface area contributed by atoms with Crippen LogP contribution < -0.4 is 5.32 Å². The Morgan fingerprint density at radius 2 is 2.00 bits per heavy atom. The number of aliphatic carboxylic acids is 1. The van der Waals surface area contributed by atoms with Crippen LogP contribution in [-0.2, 0) is 15.3 Å². The predicted octanol–water partition coefficient (Wildman–Crippen LogP) is 2.29. The van der Waals surface area contributed by atoms with Gasteiger partial charge in [-0.2, -0.15) is 0 Å². The molecule has 0 bridgehead atoms. The number of carboxylic acids is 1. The number of amides is 1. The van der Waals surface area contributed by atoms with Crippen LogP contribution >= 0.6 is 11.8 Å². The normalized spacial score (nSPS) is 15.6. The van der Waals surface area contributed by atoms with Gasteiger partial charge in [-0.25, -0.2) is 0 Å². The molecule has 4 nitrogen and oxygen atoms in total. The van der Waals surface area contributed by atoms with Crippen LogP contribution in [0.15, 0.2) is 30.3 Å². The van der Waals surface area contributed by atoms with Gasteiger partial charge in [0.25, 0.3) is 0 Å². The first-order chi connectivity index (χ1) is 9.65. The van der Waals surface area contributed by atoms with Crippen molar-refractivity contribution in [1.29, 1.82) is 0 Å². The van der Waals surface area contributed by atoms with Crippen molar-refractivity contribution in [2.75, 3.05) is 5.75 Å². The van der Waals surface area contributed by atoms with Gasteiger partial charge in [0.15, 0.2) is 0 Å². The first-order valence-corrected chi connectivity index (χ1v) is 7.93. The summed E-state index contributed by atoms with van der Waals surface area (Å²) in [6, 6.07) is 9.78. The molecule has 1 aliphatic carbocycles. The largest absolute Gasteiger partial charge is 0.481 e. The molecule has 1 aromatic rings. The zero-order valence-electron chi connectivity index (χ0n) is 11.2. The van der Waals surface area contributed by atoms with E-state index in [4.69, 9.17) is 5.11 Å². The van der Waals surface area contributed by atoms with Gasteiger partial charge >= 0.3 is 5.97 Å². The molecular weight excluding hydrogens is 274 g/mol. The molecule has 0 aromatic heterocycles. The van der Waals surface area contributed by atoms with Gasteiger partial charge in [-0.15, -0.1) is 11.8 Å². The summed E-state index contributed by atoms with van der Waals surface area (Å²) in [5, 5.41) is 11.7. The number of carbonyl (C=O) groups excluding carboxylic acids is 1. The second-order valence-electron chi connectivity index (χ2n) is 5.09. The van der Waals surface area contributed by atoms with Gasteiger partial charge < -0.3 is 10.4 Å². The Morgan fingerprint density at radius 3 is 2.60 bits per heavy atom. The maximum absolute atomic E-state index is 11.8. The first kappa shape index (κ1) is 14.9. The number of benzene rings is 1. The highest BCUT2D eigenvalue weighted by molar-refractivity contribution is 7.99. The van der Waals surface area contributed by atoms with Crippen molar-refractivity contribution < 1.29 is 14.7 Å². The van der Waals surface area contributed by atoms with Crippen LogP contribution in [0.3, 0.4) is 0 Å². The van der Waals surface area contributed by atoms with Crippen molar-refractivity contribution >= 4 is 23.6 Å². The van der Waals surface area contributed by atoms with Gasteiger partial charge in [0.1, 0.15) is 0 Å². The van der Waals surface area contributed by atoms with Crippen molar-refractivity contribution in [3.8, 4) is 0 Å². The van der Waals surface area contributed by atoms with E-state index in [1.165, 1.54) is 5.56 Å². The summed E-state index contributed by atoms with van der Waals surface area (Å²) in [5.41, 5.74) is 1.19. The fourth-order valence-corrected chi connectivity index (χ4v) is 2.91. The van der Waals surface area contributed by atoms with Crippen molar-refractivity contribution in [3.63, 3.8) is 0 Å². The Balaban J connectivity index is 1.70. The van der Waals surface area contributed by atoms with Crippen molar-refractivity contribution in [1.82, 2.24) is 5.32 Å². The summed E-state index contributed by atoms with van der Waals surface area (Å²) in [6.07, 6.45) is 2.07. The van der Waals surface area contributed by atoms with Crippen molar-refractivity contribution in [2.24, 2.45) is 5.92 Å². The molecule has 1 aliphatic rings. The summed E-state index contributed by atoms with van der Waals surface area (Å²) in [6.45, 7) is 0. The van der Waals surface area contributed by atoms with E-state index in [9.17, 15) is 9.59 Å². The molecule has 1 atom stereocenters. The molecule has 1 unspecified atom stereocenters. The monoisotopic (exact) mass is 293 g/mol. The molecule has 1 fully saturated rings. The Bertz CT molecular complexity index is 459. The second kappa shape index (κ2) is 7.33. The lowest BCUT2D eigenvalue weighted by molar-refractivity contribution is -0.137. The Labute approximate surface area is 123 Å². The summed E-state index contributed by atoms with van der Waals surface area (Å²) in [4.78, 5) is 22.6. The quantitative estimate of drug-likeness (QED) is 0.772. The summed E-state index contributed by atoms with van der Waals surface area (Å²) in [7, 11) is 0. The van der Waals surface area contributed by atoms with Crippen LogP contribution in [-0.4, -0.2) is 28.8 Å². The molecular formula is C15H19NO3S. The highest BCUT2D eigenvalue weighted by Gasteiger charge is 2.33. The highest BCUT2D eigenvalue weighted by atomic mass is 32.2. The third kappa shape index (κ3) is 5.25. The minimum absolute atomic E-state index is 0.0275. The fourth-order valence-electron chi connectivity index (χ4n) is 2.11. The SMILES string of the molecule is O=C(O)CC(NC(=O)CSCc1ccccc1)C1CC1.